The number of ether oxygens (including phenoxy) is 2. The number of pyridine rings is 1. The number of fused-ring (bicyclic) bond motifs is 1. The molecule has 3 aromatic rings. The molecule has 1 saturated heterocycles. The molecule has 2 aromatic carbocycles. The van der Waals surface area contributed by atoms with Gasteiger partial charge in [0.1, 0.15) is 23.1 Å². The Balaban J connectivity index is 1.18. The number of carbonyl (C=O) groups is 2. The van der Waals surface area contributed by atoms with Crippen molar-refractivity contribution in [1.82, 2.24) is 10.3 Å². The second-order valence-corrected chi connectivity index (χ2v) is 9.92. The SMILES string of the molecule is O=C(NCCc1cccnc1N1CCCCC1)c1ccc(Oc2cc3c(cc2Cl)C(C(=O)O)CCO3)cc1. The lowest BCUT2D eigenvalue weighted by Gasteiger charge is -2.29. The van der Waals surface area contributed by atoms with Crippen molar-refractivity contribution in [1.29, 1.82) is 0 Å². The molecule has 1 atom stereocenters. The smallest absolute Gasteiger partial charge is 0.311 e. The maximum absolute atomic E-state index is 12.7. The molecule has 1 unspecified atom stereocenters. The third kappa shape index (κ3) is 5.86. The van der Waals surface area contributed by atoms with Gasteiger partial charge < -0.3 is 24.8 Å². The van der Waals surface area contributed by atoms with Gasteiger partial charge >= 0.3 is 5.97 Å². The Morgan fingerprint density at radius 3 is 2.68 bits per heavy atom. The van der Waals surface area contributed by atoms with Crippen molar-refractivity contribution in [3.8, 4) is 17.2 Å². The highest BCUT2D eigenvalue weighted by molar-refractivity contribution is 6.32. The fourth-order valence-electron chi connectivity index (χ4n) is 4.95. The van der Waals surface area contributed by atoms with E-state index in [1.807, 2.05) is 12.3 Å². The molecule has 0 spiro atoms. The number of hydrogen-bond acceptors (Lipinski definition) is 6. The summed E-state index contributed by atoms with van der Waals surface area (Å²) in [5.41, 5.74) is 2.20. The zero-order valence-electron chi connectivity index (χ0n) is 21.0. The highest BCUT2D eigenvalue weighted by atomic mass is 35.5. The average molecular weight is 536 g/mol. The summed E-state index contributed by atoms with van der Waals surface area (Å²) in [5, 5.41) is 12.7. The number of amides is 1. The van der Waals surface area contributed by atoms with Gasteiger partial charge in [0.2, 0.25) is 0 Å². The second-order valence-electron chi connectivity index (χ2n) is 9.51. The molecular weight excluding hydrogens is 506 g/mol. The summed E-state index contributed by atoms with van der Waals surface area (Å²) < 4.78 is 11.6. The zero-order valence-corrected chi connectivity index (χ0v) is 21.7. The maximum atomic E-state index is 12.7. The molecule has 2 N–H and O–H groups in total. The largest absolute Gasteiger partial charge is 0.493 e. The summed E-state index contributed by atoms with van der Waals surface area (Å²) in [5.74, 6) is 0.600. The Kier molecular flexibility index (Phi) is 7.98. The lowest BCUT2D eigenvalue weighted by Crippen LogP contribution is -2.32. The van der Waals surface area contributed by atoms with Crippen LogP contribution in [0, 0.1) is 0 Å². The number of anilines is 1. The van der Waals surface area contributed by atoms with Gasteiger partial charge in [-0.3, -0.25) is 9.59 Å². The molecule has 0 saturated carbocycles. The number of piperidine rings is 1. The second kappa shape index (κ2) is 11.7. The van der Waals surface area contributed by atoms with Crippen LogP contribution in [0.3, 0.4) is 0 Å². The third-order valence-electron chi connectivity index (χ3n) is 6.95. The molecular formula is C29H30ClN3O5. The number of carboxylic acid groups (broad SMARTS) is 1. The van der Waals surface area contributed by atoms with Crippen LogP contribution in [0.2, 0.25) is 5.02 Å². The molecule has 0 radical (unpaired) electrons. The summed E-state index contributed by atoms with van der Waals surface area (Å²) in [4.78, 5) is 31.2. The van der Waals surface area contributed by atoms with Crippen molar-refractivity contribution >= 4 is 29.3 Å². The fourth-order valence-corrected chi connectivity index (χ4v) is 5.17. The van der Waals surface area contributed by atoms with E-state index in [0.717, 1.165) is 24.5 Å². The number of hydrogen-bond donors (Lipinski definition) is 2. The van der Waals surface area contributed by atoms with Gasteiger partial charge in [-0.15, -0.1) is 0 Å². The zero-order chi connectivity index (χ0) is 26.5. The van der Waals surface area contributed by atoms with Gasteiger partial charge in [0.25, 0.3) is 5.91 Å². The summed E-state index contributed by atoms with van der Waals surface area (Å²) >= 11 is 6.39. The first-order chi connectivity index (χ1) is 18.5. The number of nitrogens with one attached hydrogen (secondary N) is 1. The number of benzene rings is 2. The van der Waals surface area contributed by atoms with E-state index in [1.54, 1.807) is 36.4 Å². The molecule has 0 aliphatic carbocycles. The number of nitrogens with zero attached hydrogens (tertiary/aromatic N) is 2. The normalized spacial score (nSPS) is 16.8. The molecule has 9 heteroatoms. The van der Waals surface area contributed by atoms with Crippen molar-refractivity contribution in [3.05, 3.63) is 76.4 Å². The van der Waals surface area contributed by atoms with Crippen LogP contribution in [0.25, 0.3) is 0 Å². The highest BCUT2D eigenvalue weighted by Gasteiger charge is 2.29. The van der Waals surface area contributed by atoms with Crippen molar-refractivity contribution in [3.63, 3.8) is 0 Å². The molecule has 198 valence electrons. The Hall–Kier alpha value is -3.78. The molecule has 2 aliphatic heterocycles. The van der Waals surface area contributed by atoms with E-state index < -0.39 is 11.9 Å². The molecule has 5 rings (SSSR count). The van der Waals surface area contributed by atoms with Gasteiger partial charge in [-0.1, -0.05) is 17.7 Å². The number of aromatic nitrogens is 1. The van der Waals surface area contributed by atoms with E-state index in [0.29, 0.717) is 59.4 Å². The Labute approximate surface area is 226 Å². The van der Waals surface area contributed by atoms with E-state index in [-0.39, 0.29) is 5.91 Å². The molecule has 38 heavy (non-hydrogen) atoms. The lowest BCUT2D eigenvalue weighted by molar-refractivity contribution is -0.139. The number of carboxylic acids is 1. The molecule has 1 aromatic heterocycles. The number of rotatable bonds is 8. The molecule has 3 heterocycles. The van der Waals surface area contributed by atoms with E-state index in [1.165, 1.54) is 19.3 Å². The van der Waals surface area contributed by atoms with Crippen LogP contribution in [-0.2, 0) is 11.2 Å². The first-order valence-corrected chi connectivity index (χ1v) is 13.3. The number of halogens is 1. The van der Waals surface area contributed by atoms with Crippen LogP contribution in [0.15, 0.2) is 54.7 Å². The Morgan fingerprint density at radius 2 is 1.92 bits per heavy atom. The van der Waals surface area contributed by atoms with Crippen LogP contribution in [0.5, 0.6) is 17.2 Å². The number of aliphatic carboxylic acids is 1. The minimum atomic E-state index is -0.906. The fraction of sp³-hybridized carbons (Fsp3) is 0.345. The van der Waals surface area contributed by atoms with Crippen LogP contribution >= 0.6 is 11.6 Å². The molecule has 8 nitrogen and oxygen atoms in total. The topological polar surface area (TPSA) is 101 Å². The van der Waals surface area contributed by atoms with Gasteiger partial charge in [0.15, 0.2) is 0 Å². The molecule has 1 fully saturated rings. The first-order valence-electron chi connectivity index (χ1n) is 12.9. The van der Waals surface area contributed by atoms with Crippen molar-refractivity contribution in [2.75, 3.05) is 31.1 Å². The summed E-state index contributed by atoms with van der Waals surface area (Å²) in [6.45, 7) is 2.87. The van der Waals surface area contributed by atoms with Crippen molar-refractivity contribution in [2.45, 2.75) is 38.0 Å². The van der Waals surface area contributed by atoms with Crippen LogP contribution < -0.4 is 19.7 Å². The van der Waals surface area contributed by atoms with Crippen molar-refractivity contribution < 1.29 is 24.2 Å². The standard InChI is InChI=1S/C29H30ClN3O5/c30-24-17-23-22(29(35)36)11-16-37-25(23)18-26(24)38-21-8-6-20(7-9-21)28(34)32-13-10-19-5-4-12-31-27(19)33-14-2-1-3-15-33/h4-9,12,17-18,22H,1-3,10-11,13-16H2,(H,32,34)(H,35,36). The van der Waals surface area contributed by atoms with E-state index >= 15 is 0 Å². The van der Waals surface area contributed by atoms with Crippen molar-refractivity contribution in [2.24, 2.45) is 0 Å². The van der Waals surface area contributed by atoms with E-state index in [2.05, 4.69) is 21.3 Å². The monoisotopic (exact) mass is 535 g/mol. The quantitative estimate of drug-likeness (QED) is 0.396. The minimum absolute atomic E-state index is 0.167. The van der Waals surface area contributed by atoms with Crippen LogP contribution in [0.1, 0.15) is 53.1 Å². The van der Waals surface area contributed by atoms with Gasteiger partial charge in [-0.25, -0.2) is 4.98 Å². The molecule has 2 aliphatic rings. The lowest BCUT2D eigenvalue weighted by atomic mass is 9.93. The van der Waals surface area contributed by atoms with Gasteiger partial charge in [-0.2, -0.15) is 0 Å². The van der Waals surface area contributed by atoms with Gasteiger partial charge in [0, 0.05) is 43.0 Å². The maximum Gasteiger partial charge on any atom is 0.311 e. The van der Waals surface area contributed by atoms with E-state index in [9.17, 15) is 14.7 Å². The predicted octanol–water partition coefficient (Wildman–Crippen LogP) is 5.44. The van der Waals surface area contributed by atoms with E-state index in [4.69, 9.17) is 21.1 Å². The minimum Gasteiger partial charge on any atom is -0.493 e. The third-order valence-corrected chi connectivity index (χ3v) is 7.24. The Morgan fingerprint density at radius 1 is 1.13 bits per heavy atom. The van der Waals surface area contributed by atoms with Crippen LogP contribution in [-0.4, -0.2) is 48.2 Å². The summed E-state index contributed by atoms with van der Waals surface area (Å²) in [7, 11) is 0. The Bertz CT molecular complexity index is 1310. The predicted molar refractivity (Wildman–Crippen MR) is 145 cm³/mol. The summed E-state index contributed by atoms with van der Waals surface area (Å²) in [6, 6.07) is 14.0. The van der Waals surface area contributed by atoms with Gasteiger partial charge in [-0.05, 0) is 74.1 Å². The highest BCUT2D eigenvalue weighted by Crippen LogP contribution is 2.41. The van der Waals surface area contributed by atoms with Gasteiger partial charge in [0.05, 0.1) is 17.5 Å². The first kappa shape index (κ1) is 25.9. The van der Waals surface area contributed by atoms with Crippen LogP contribution in [0.4, 0.5) is 5.82 Å². The number of carbonyl (C=O) groups excluding carboxylic acids is 1. The summed E-state index contributed by atoms with van der Waals surface area (Å²) in [6.07, 6.45) is 6.56. The average Bonchev–Trinajstić information content (AvgIpc) is 2.94. The molecule has 0 bridgehead atoms. The molecule has 1 amide bonds.